The van der Waals surface area contributed by atoms with Crippen molar-refractivity contribution in [3.8, 4) is 0 Å². The Balaban J connectivity index is 0.837. The molecule has 53 heavy (non-hydrogen) atoms. The van der Waals surface area contributed by atoms with Gasteiger partial charge in [-0.15, -0.1) is 5.10 Å². The first-order valence-corrected chi connectivity index (χ1v) is 19.3. The van der Waals surface area contributed by atoms with Gasteiger partial charge in [-0.2, -0.15) is 4.98 Å². The summed E-state index contributed by atoms with van der Waals surface area (Å²) in [7, 11) is 0. The van der Waals surface area contributed by atoms with E-state index in [1.807, 2.05) is 40.0 Å². The molecule has 2 aromatic carbocycles. The molecule has 7 rings (SSSR count). The van der Waals surface area contributed by atoms with Crippen molar-refractivity contribution in [3.05, 3.63) is 71.5 Å². The number of fused-ring (bicyclic) bond motifs is 2. The van der Waals surface area contributed by atoms with Crippen molar-refractivity contribution in [1.82, 2.24) is 45.4 Å². The van der Waals surface area contributed by atoms with Crippen LogP contribution in [0.5, 0.6) is 0 Å². The van der Waals surface area contributed by atoms with E-state index in [1.54, 1.807) is 24.3 Å². The minimum atomic E-state index is -0.333. The smallest absolute Gasteiger partial charge is 0.261 e. The van der Waals surface area contributed by atoms with E-state index in [4.69, 9.17) is 9.97 Å². The Kier molecular flexibility index (Phi) is 12.2. The van der Waals surface area contributed by atoms with Crippen LogP contribution < -0.4 is 21.3 Å². The van der Waals surface area contributed by atoms with E-state index in [0.717, 1.165) is 80.3 Å². The van der Waals surface area contributed by atoms with Gasteiger partial charge in [0.25, 0.3) is 11.8 Å². The van der Waals surface area contributed by atoms with Crippen LogP contribution in [-0.4, -0.2) is 104 Å². The van der Waals surface area contributed by atoms with Crippen LogP contribution in [0.4, 0.5) is 11.8 Å². The molecule has 4 heterocycles. The highest BCUT2D eigenvalue weighted by Crippen LogP contribution is 2.26. The number of likely N-dealkylation sites (tertiary alicyclic amines) is 1. The van der Waals surface area contributed by atoms with Crippen molar-refractivity contribution >= 4 is 40.4 Å². The Bertz CT molecular complexity index is 1830. The summed E-state index contributed by atoms with van der Waals surface area (Å²) in [5, 5.41) is 23.8. The third-order valence-electron chi connectivity index (χ3n) is 10.5. The topological polar surface area (TPSA) is 162 Å². The summed E-state index contributed by atoms with van der Waals surface area (Å²) in [6.45, 7) is 5.56. The van der Waals surface area contributed by atoms with Gasteiger partial charge in [-0.1, -0.05) is 48.7 Å². The van der Waals surface area contributed by atoms with Crippen LogP contribution >= 0.6 is 0 Å². The molecule has 14 heteroatoms. The number of amides is 3. The maximum atomic E-state index is 13.1. The predicted octanol–water partition coefficient (Wildman–Crippen LogP) is 4.21. The van der Waals surface area contributed by atoms with E-state index in [2.05, 4.69) is 31.6 Å². The second-order valence-electron chi connectivity index (χ2n) is 14.3. The minimum absolute atomic E-state index is 0.0550. The van der Waals surface area contributed by atoms with E-state index >= 15 is 0 Å². The minimum Gasteiger partial charge on any atom is -0.367 e. The highest BCUT2D eigenvalue weighted by Gasteiger charge is 2.35. The summed E-state index contributed by atoms with van der Waals surface area (Å²) in [5.74, 6) is 0.528. The normalized spacial score (nSPS) is 16.8. The first kappa shape index (κ1) is 36.4. The van der Waals surface area contributed by atoms with Crippen molar-refractivity contribution in [2.75, 3.05) is 49.9 Å². The number of hydrogen-bond donors (Lipinski definition) is 4. The molecule has 0 bridgehead atoms. The van der Waals surface area contributed by atoms with Gasteiger partial charge >= 0.3 is 0 Å². The molecular formula is C39H51N11O3. The summed E-state index contributed by atoms with van der Waals surface area (Å²) >= 11 is 0. The quantitative estimate of drug-likeness (QED) is 0.0913. The third kappa shape index (κ3) is 9.35. The maximum absolute atomic E-state index is 13.1. The second-order valence-corrected chi connectivity index (χ2v) is 14.3. The highest BCUT2D eigenvalue weighted by atomic mass is 16.2. The Labute approximate surface area is 310 Å². The molecule has 0 atom stereocenters. The van der Waals surface area contributed by atoms with Gasteiger partial charge in [0.2, 0.25) is 11.9 Å². The monoisotopic (exact) mass is 721 g/mol. The van der Waals surface area contributed by atoms with E-state index in [1.165, 1.54) is 37.0 Å². The first-order chi connectivity index (χ1) is 26.0. The molecular weight excluding hydrogens is 671 g/mol. The van der Waals surface area contributed by atoms with Crippen molar-refractivity contribution in [2.24, 2.45) is 0 Å². The molecule has 0 spiro atoms. The lowest BCUT2D eigenvalue weighted by Crippen LogP contribution is -2.43. The molecule has 14 nitrogen and oxygen atoms in total. The van der Waals surface area contributed by atoms with Crippen LogP contribution in [0.3, 0.4) is 0 Å². The van der Waals surface area contributed by atoms with Crippen molar-refractivity contribution < 1.29 is 14.4 Å². The zero-order valence-corrected chi connectivity index (χ0v) is 30.4. The number of benzene rings is 2. The zero-order valence-electron chi connectivity index (χ0n) is 30.4. The Morgan fingerprint density at radius 1 is 0.792 bits per heavy atom. The number of hydrogen-bond acceptors (Lipinski definition) is 11. The molecule has 2 fully saturated rings. The van der Waals surface area contributed by atoms with Crippen molar-refractivity contribution in [3.63, 3.8) is 0 Å². The number of imide groups is 1. The molecule has 4 N–H and O–H groups in total. The van der Waals surface area contributed by atoms with Gasteiger partial charge in [-0.25, -0.2) is 4.98 Å². The van der Waals surface area contributed by atoms with Gasteiger partial charge in [0.15, 0.2) is 0 Å². The summed E-state index contributed by atoms with van der Waals surface area (Å²) in [4.78, 5) is 51.1. The van der Waals surface area contributed by atoms with Crippen LogP contribution in [0.1, 0.15) is 90.6 Å². The molecule has 2 aliphatic heterocycles. The molecule has 3 aliphatic rings. The molecule has 0 radical (unpaired) electrons. The fourth-order valence-electron chi connectivity index (χ4n) is 7.56. The van der Waals surface area contributed by atoms with Gasteiger partial charge < -0.3 is 26.2 Å². The molecule has 1 saturated carbocycles. The third-order valence-corrected chi connectivity index (χ3v) is 10.5. The largest absolute Gasteiger partial charge is 0.367 e. The fraction of sp³-hybridized carbons (Fsp3) is 0.513. The summed E-state index contributed by atoms with van der Waals surface area (Å²) in [5.41, 5.74) is 2.45. The number of piperidine rings is 1. The van der Waals surface area contributed by atoms with Crippen LogP contribution in [-0.2, 0) is 17.9 Å². The number of carbonyl (C=O) groups is 3. The lowest BCUT2D eigenvalue weighted by atomic mass is 9.95. The molecule has 1 aliphatic carbocycles. The average Bonchev–Trinajstić information content (AvgIpc) is 3.75. The summed E-state index contributed by atoms with van der Waals surface area (Å²) in [6.07, 6.45) is 12.5. The van der Waals surface area contributed by atoms with Crippen LogP contribution in [0.15, 0.2) is 54.7 Å². The second kappa shape index (κ2) is 17.7. The predicted molar refractivity (Wildman–Crippen MR) is 204 cm³/mol. The molecule has 280 valence electrons. The van der Waals surface area contributed by atoms with Crippen LogP contribution in [0.2, 0.25) is 0 Å². The maximum Gasteiger partial charge on any atom is 0.261 e. The Morgan fingerprint density at radius 2 is 1.53 bits per heavy atom. The molecule has 2 aromatic heterocycles. The standard InChI is InChI=1S/C39H51N11O3/c51-35(18-25-50-37(52)31-12-4-5-13-32(31)38(50)53)48-23-16-29(17-24-48)43-36-33-14-6-7-15-34(33)44-39(45-36)42-26-30-27-49(47-46-30)22-9-20-40-19-8-21-41-28-10-2-1-3-11-28/h4-7,12-15,27-29,40-41H,1-3,8-11,16-26H2,(H2,42,43,44,45). The average molecular weight is 722 g/mol. The Hall–Kier alpha value is -4.95. The number of aryl methyl sites for hydroxylation is 1. The number of aromatic nitrogens is 5. The summed E-state index contributed by atoms with van der Waals surface area (Å²) < 4.78 is 1.89. The van der Waals surface area contributed by atoms with Gasteiger partial charge in [0, 0.05) is 50.1 Å². The van der Waals surface area contributed by atoms with Crippen molar-refractivity contribution in [2.45, 2.75) is 89.4 Å². The van der Waals surface area contributed by atoms with Gasteiger partial charge in [-0.05, 0) is 82.4 Å². The number of rotatable bonds is 17. The SMILES string of the molecule is O=C(CCN1C(=O)c2ccccc2C1=O)N1CCC(Nc2nc(NCc3cn(CCCNCCCNC4CCCCC4)nn3)nc3ccccc23)CC1. The molecule has 1 saturated heterocycles. The molecule has 0 unspecified atom stereocenters. The van der Waals surface area contributed by atoms with E-state index in [-0.39, 0.29) is 36.7 Å². The van der Waals surface area contributed by atoms with Gasteiger partial charge in [-0.3, -0.25) is 24.0 Å². The number of para-hydroxylation sites is 1. The lowest BCUT2D eigenvalue weighted by Gasteiger charge is -2.33. The van der Waals surface area contributed by atoms with Crippen molar-refractivity contribution in [1.29, 1.82) is 0 Å². The first-order valence-electron chi connectivity index (χ1n) is 19.3. The van der Waals surface area contributed by atoms with Gasteiger partial charge in [0.1, 0.15) is 11.5 Å². The van der Waals surface area contributed by atoms with Crippen LogP contribution in [0, 0.1) is 0 Å². The van der Waals surface area contributed by atoms with E-state index in [9.17, 15) is 14.4 Å². The number of anilines is 2. The number of nitrogens with one attached hydrogen (secondary N) is 4. The number of carbonyl (C=O) groups excluding carboxylic acids is 3. The lowest BCUT2D eigenvalue weighted by molar-refractivity contribution is -0.132. The zero-order chi connectivity index (χ0) is 36.4. The number of nitrogens with zero attached hydrogens (tertiary/aromatic N) is 7. The summed E-state index contributed by atoms with van der Waals surface area (Å²) in [6, 6.07) is 15.6. The Morgan fingerprint density at radius 3 is 2.32 bits per heavy atom. The highest BCUT2D eigenvalue weighted by molar-refractivity contribution is 6.21. The van der Waals surface area contributed by atoms with Gasteiger partial charge in [0.05, 0.1) is 29.4 Å². The van der Waals surface area contributed by atoms with E-state index in [0.29, 0.717) is 36.7 Å². The molecule has 3 amide bonds. The van der Waals surface area contributed by atoms with E-state index < -0.39 is 0 Å². The van der Waals surface area contributed by atoms with Crippen LogP contribution in [0.25, 0.3) is 10.9 Å². The molecule has 4 aromatic rings. The fourth-order valence-corrected chi connectivity index (χ4v) is 7.56.